The minimum Gasteiger partial charge on any atom is -0.336 e. The normalized spacial score (nSPS) is 12.0. The number of carbonyl (C=O) groups excluding carboxylic acids is 1. The fraction of sp³-hybridized carbons (Fsp3) is 0.368. The first-order valence-electron chi connectivity index (χ1n) is 8.02. The highest BCUT2D eigenvalue weighted by Gasteiger charge is 2.21. The largest absolute Gasteiger partial charge is 0.336 e. The molecule has 1 heterocycles. The van der Waals surface area contributed by atoms with Crippen LogP contribution in [-0.4, -0.2) is 27.6 Å². The second kappa shape index (κ2) is 8.73. The summed E-state index contributed by atoms with van der Waals surface area (Å²) < 4.78 is 0. The summed E-state index contributed by atoms with van der Waals surface area (Å²) in [4.78, 5) is 20.2. The van der Waals surface area contributed by atoms with Crippen molar-refractivity contribution in [2.75, 3.05) is 6.54 Å². The Kier molecular flexibility index (Phi) is 6.66. The number of aryl methyl sites for hydroxylation is 1. The van der Waals surface area contributed by atoms with Gasteiger partial charge < -0.3 is 4.90 Å². The van der Waals surface area contributed by atoms with Crippen LogP contribution >= 0.6 is 11.8 Å². The van der Waals surface area contributed by atoms with E-state index in [2.05, 4.69) is 43.1 Å². The molecule has 1 unspecified atom stereocenters. The lowest BCUT2D eigenvalue weighted by atomic mass is 10.2. The average molecular weight is 328 g/mol. The monoisotopic (exact) mass is 328 g/mol. The highest BCUT2D eigenvalue weighted by Crippen LogP contribution is 2.25. The minimum absolute atomic E-state index is 0.104. The van der Waals surface area contributed by atoms with E-state index in [-0.39, 0.29) is 11.2 Å². The van der Waals surface area contributed by atoms with Gasteiger partial charge in [0, 0.05) is 17.6 Å². The molecule has 3 nitrogen and oxygen atoms in total. The summed E-state index contributed by atoms with van der Waals surface area (Å²) >= 11 is 1.61. The summed E-state index contributed by atoms with van der Waals surface area (Å²) in [6, 6.07) is 14.1. The van der Waals surface area contributed by atoms with E-state index < -0.39 is 0 Å². The van der Waals surface area contributed by atoms with E-state index in [0.29, 0.717) is 6.54 Å². The summed E-state index contributed by atoms with van der Waals surface area (Å²) in [5.41, 5.74) is 2.16. The molecule has 1 atom stereocenters. The van der Waals surface area contributed by atoms with Gasteiger partial charge in [0.05, 0.1) is 17.5 Å². The summed E-state index contributed by atoms with van der Waals surface area (Å²) in [5.74, 6) is 0.170. The molecule has 2 aromatic rings. The van der Waals surface area contributed by atoms with E-state index in [1.54, 1.807) is 18.0 Å². The number of nitrogens with zero attached hydrogens (tertiary/aromatic N) is 2. The maximum Gasteiger partial charge on any atom is 0.236 e. The first-order valence-corrected chi connectivity index (χ1v) is 8.90. The van der Waals surface area contributed by atoms with Crippen LogP contribution in [0.1, 0.15) is 31.5 Å². The van der Waals surface area contributed by atoms with Crippen LogP contribution < -0.4 is 0 Å². The first kappa shape index (κ1) is 17.5. The van der Waals surface area contributed by atoms with Gasteiger partial charge in [-0.25, -0.2) is 0 Å². The van der Waals surface area contributed by atoms with Gasteiger partial charge in [-0.15, -0.1) is 11.8 Å². The molecule has 0 bridgehead atoms. The third kappa shape index (κ3) is 5.39. The molecule has 0 saturated carbocycles. The van der Waals surface area contributed by atoms with E-state index in [9.17, 15) is 4.79 Å². The Labute approximate surface area is 143 Å². The van der Waals surface area contributed by atoms with Crippen LogP contribution in [0.3, 0.4) is 0 Å². The van der Waals surface area contributed by atoms with Crippen molar-refractivity contribution >= 4 is 17.7 Å². The van der Waals surface area contributed by atoms with Crippen molar-refractivity contribution in [2.45, 2.75) is 43.9 Å². The Hall–Kier alpha value is -1.81. The van der Waals surface area contributed by atoms with Gasteiger partial charge in [0.15, 0.2) is 0 Å². The summed E-state index contributed by atoms with van der Waals surface area (Å²) in [6.45, 7) is 7.48. The Bertz CT molecular complexity index is 613. The molecule has 0 saturated heterocycles. The zero-order chi connectivity index (χ0) is 16.7. The quantitative estimate of drug-likeness (QED) is 0.710. The van der Waals surface area contributed by atoms with Crippen LogP contribution in [0.4, 0.5) is 0 Å². The number of rotatable bonds is 7. The number of aromatic nitrogens is 1. The molecule has 122 valence electrons. The van der Waals surface area contributed by atoms with Gasteiger partial charge in [-0.3, -0.25) is 9.78 Å². The van der Waals surface area contributed by atoms with Crippen LogP contribution in [0, 0.1) is 6.92 Å². The number of pyridine rings is 1. The van der Waals surface area contributed by atoms with Gasteiger partial charge in [-0.1, -0.05) is 30.7 Å². The van der Waals surface area contributed by atoms with Gasteiger partial charge in [0.2, 0.25) is 5.91 Å². The van der Waals surface area contributed by atoms with E-state index in [1.165, 1.54) is 5.56 Å². The maximum absolute atomic E-state index is 12.8. The Morgan fingerprint density at radius 3 is 2.57 bits per heavy atom. The highest BCUT2D eigenvalue weighted by molar-refractivity contribution is 8.00. The summed E-state index contributed by atoms with van der Waals surface area (Å²) in [5, 5.41) is -0.104. The summed E-state index contributed by atoms with van der Waals surface area (Å²) in [6.07, 6.45) is 2.72. The zero-order valence-electron chi connectivity index (χ0n) is 14.0. The molecule has 0 fully saturated rings. The molecule has 2 rings (SSSR count). The molecule has 0 aliphatic carbocycles. The minimum atomic E-state index is -0.104. The Morgan fingerprint density at radius 2 is 1.96 bits per heavy atom. The molecular weight excluding hydrogens is 304 g/mol. The zero-order valence-corrected chi connectivity index (χ0v) is 14.8. The molecule has 0 spiro atoms. The molecule has 0 N–H and O–H groups in total. The summed E-state index contributed by atoms with van der Waals surface area (Å²) in [7, 11) is 0. The SMILES string of the molecule is CCCN(Cc1ccccn1)C(=O)C(C)Sc1ccc(C)cc1. The van der Waals surface area contributed by atoms with Crippen LogP contribution in [0.2, 0.25) is 0 Å². The number of carbonyl (C=O) groups is 1. The highest BCUT2D eigenvalue weighted by atomic mass is 32.2. The Balaban J connectivity index is 2.02. The van der Waals surface area contributed by atoms with Crippen molar-refractivity contribution in [1.82, 2.24) is 9.88 Å². The molecule has 0 aliphatic rings. The maximum atomic E-state index is 12.8. The lowest BCUT2D eigenvalue weighted by molar-refractivity contribution is -0.131. The van der Waals surface area contributed by atoms with E-state index in [1.807, 2.05) is 30.0 Å². The van der Waals surface area contributed by atoms with Gasteiger partial charge in [-0.2, -0.15) is 0 Å². The van der Waals surface area contributed by atoms with E-state index >= 15 is 0 Å². The van der Waals surface area contributed by atoms with Crippen molar-refractivity contribution in [1.29, 1.82) is 0 Å². The van der Waals surface area contributed by atoms with E-state index in [0.717, 1.165) is 23.6 Å². The molecule has 0 radical (unpaired) electrons. The smallest absolute Gasteiger partial charge is 0.236 e. The number of hydrogen-bond acceptors (Lipinski definition) is 3. The van der Waals surface area contributed by atoms with Crippen molar-refractivity contribution in [2.24, 2.45) is 0 Å². The van der Waals surface area contributed by atoms with Crippen molar-refractivity contribution in [3.8, 4) is 0 Å². The first-order chi connectivity index (χ1) is 11.1. The van der Waals surface area contributed by atoms with Gasteiger partial charge in [0.1, 0.15) is 0 Å². The molecule has 1 aromatic carbocycles. The standard InChI is InChI=1S/C19H24N2OS/c1-4-13-21(14-17-7-5-6-12-20-17)19(22)16(3)23-18-10-8-15(2)9-11-18/h5-12,16H,4,13-14H2,1-3H3. The second-order valence-electron chi connectivity index (χ2n) is 5.65. The molecule has 1 aromatic heterocycles. The van der Waals surface area contributed by atoms with Gasteiger partial charge in [-0.05, 0) is 44.5 Å². The molecule has 0 aliphatic heterocycles. The third-order valence-electron chi connectivity index (χ3n) is 3.57. The number of thioether (sulfide) groups is 1. The second-order valence-corrected chi connectivity index (χ2v) is 7.07. The molecule has 4 heteroatoms. The average Bonchev–Trinajstić information content (AvgIpc) is 2.57. The van der Waals surface area contributed by atoms with E-state index in [4.69, 9.17) is 0 Å². The van der Waals surface area contributed by atoms with Crippen LogP contribution in [0.25, 0.3) is 0 Å². The number of benzene rings is 1. The fourth-order valence-corrected chi connectivity index (χ4v) is 3.30. The van der Waals surface area contributed by atoms with Gasteiger partial charge in [0.25, 0.3) is 0 Å². The number of hydrogen-bond donors (Lipinski definition) is 0. The van der Waals surface area contributed by atoms with Gasteiger partial charge >= 0.3 is 0 Å². The Morgan fingerprint density at radius 1 is 1.22 bits per heavy atom. The van der Waals surface area contributed by atoms with Crippen molar-refractivity contribution in [3.63, 3.8) is 0 Å². The number of amides is 1. The molecule has 23 heavy (non-hydrogen) atoms. The fourth-order valence-electron chi connectivity index (χ4n) is 2.35. The van der Waals surface area contributed by atoms with Crippen molar-refractivity contribution in [3.05, 3.63) is 59.9 Å². The molecule has 1 amide bonds. The lowest BCUT2D eigenvalue weighted by Crippen LogP contribution is -2.36. The van der Waals surface area contributed by atoms with Crippen LogP contribution in [-0.2, 0) is 11.3 Å². The van der Waals surface area contributed by atoms with Crippen molar-refractivity contribution < 1.29 is 4.79 Å². The van der Waals surface area contributed by atoms with Crippen LogP contribution in [0.5, 0.6) is 0 Å². The topological polar surface area (TPSA) is 33.2 Å². The predicted molar refractivity (Wildman–Crippen MR) is 96.4 cm³/mol. The lowest BCUT2D eigenvalue weighted by Gasteiger charge is -2.25. The van der Waals surface area contributed by atoms with Crippen LogP contribution in [0.15, 0.2) is 53.6 Å². The third-order valence-corrected chi connectivity index (χ3v) is 4.67. The molecular formula is C19H24N2OS. The predicted octanol–water partition coefficient (Wildman–Crippen LogP) is 4.31.